The fraction of sp³-hybridized carbons (Fsp3) is 0.368. The Morgan fingerprint density at radius 2 is 2.08 bits per heavy atom. The van der Waals surface area contributed by atoms with Gasteiger partial charge < -0.3 is 14.9 Å². The highest BCUT2D eigenvalue weighted by atomic mass is 16.5. The number of hydrogen-bond donors (Lipinski definition) is 2. The van der Waals surface area contributed by atoms with Crippen LogP contribution in [0, 0.1) is 18.8 Å². The predicted octanol–water partition coefficient (Wildman–Crippen LogP) is 3.89. The van der Waals surface area contributed by atoms with Crippen LogP contribution in [0.4, 0.5) is 0 Å². The zero-order valence-electron chi connectivity index (χ0n) is 14.1. The Morgan fingerprint density at radius 1 is 1.33 bits per heavy atom. The zero-order chi connectivity index (χ0) is 17.7. The highest BCUT2D eigenvalue weighted by Crippen LogP contribution is 2.35. The standard InChI is InChI=1S/C19H21NO4/c1-4-5-6-7-8-9-13-10-14-17(15(11-13)24-3)20-16(19(22)23)12(2)18(14)21/h10-11H,4-7H2,1-3H3,(H,20,21)(H,22,23). The van der Waals surface area contributed by atoms with Gasteiger partial charge in [0.1, 0.15) is 17.0 Å². The number of carboxylic acid groups (broad SMARTS) is 1. The average molecular weight is 327 g/mol. The lowest BCUT2D eigenvalue weighted by Gasteiger charge is -2.11. The van der Waals surface area contributed by atoms with E-state index in [0.29, 0.717) is 22.2 Å². The summed E-state index contributed by atoms with van der Waals surface area (Å²) >= 11 is 0. The lowest BCUT2D eigenvalue weighted by atomic mass is 10.0. The summed E-state index contributed by atoms with van der Waals surface area (Å²) in [6.45, 7) is 3.67. The topological polar surface area (TPSA) is 79.7 Å². The van der Waals surface area contributed by atoms with Crippen molar-refractivity contribution in [3.05, 3.63) is 29.0 Å². The first kappa shape index (κ1) is 17.6. The van der Waals surface area contributed by atoms with Gasteiger partial charge in [-0.3, -0.25) is 0 Å². The number of pyridine rings is 1. The first-order valence-corrected chi connectivity index (χ1v) is 7.93. The summed E-state index contributed by atoms with van der Waals surface area (Å²) in [5, 5.41) is 20.0. The molecule has 1 aromatic heterocycles. The number of aromatic carboxylic acids is 1. The molecule has 0 atom stereocenters. The highest BCUT2D eigenvalue weighted by Gasteiger charge is 2.19. The number of unbranched alkanes of at least 4 members (excludes halogenated alkanes) is 3. The lowest BCUT2D eigenvalue weighted by Crippen LogP contribution is -2.05. The third-order valence-electron chi connectivity index (χ3n) is 3.82. The van der Waals surface area contributed by atoms with E-state index in [2.05, 4.69) is 23.7 Å². The average Bonchev–Trinajstić information content (AvgIpc) is 2.57. The van der Waals surface area contributed by atoms with E-state index in [0.717, 1.165) is 25.7 Å². The second kappa shape index (κ2) is 7.69. The summed E-state index contributed by atoms with van der Waals surface area (Å²) in [7, 11) is 1.48. The number of carbonyl (C=O) groups is 1. The molecule has 0 aliphatic heterocycles. The molecule has 0 aliphatic rings. The predicted molar refractivity (Wildman–Crippen MR) is 92.7 cm³/mol. The largest absolute Gasteiger partial charge is 0.507 e. The molecular weight excluding hydrogens is 306 g/mol. The SMILES string of the molecule is CCCCCC#Cc1cc(OC)c2nc(C(=O)O)c(C)c(O)c2c1. The third kappa shape index (κ3) is 3.60. The van der Waals surface area contributed by atoms with Gasteiger partial charge in [0.25, 0.3) is 0 Å². The Kier molecular flexibility index (Phi) is 5.64. The minimum atomic E-state index is -1.19. The second-order valence-electron chi connectivity index (χ2n) is 5.57. The molecule has 5 heteroatoms. The van der Waals surface area contributed by atoms with Crippen LogP contribution in [0.15, 0.2) is 12.1 Å². The monoisotopic (exact) mass is 327 g/mol. The van der Waals surface area contributed by atoms with Crippen LogP contribution in [0.25, 0.3) is 10.9 Å². The molecule has 1 heterocycles. The molecule has 2 aromatic rings. The minimum absolute atomic E-state index is 0.106. The van der Waals surface area contributed by atoms with Crippen LogP contribution in [-0.4, -0.2) is 28.3 Å². The molecule has 0 bridgehead atoms. The molecule has 0 radical (unpaired) electrons. The van der Waals surface area contributed by atoms with Gasteiger partial charge in [-0.05, 0) is 25.5 Å². The van der Waals surface area contributed by atoms with Crippen molar-refractivity contribution in [1.29, 1.82) is 0 Å². The molecule has 0 saturated heterocycles. The van der Waals surface area contributed by atoms with E-state index in [-0.39, 0.29) is 17.0 Å². The number of nitrogens with zero attached hydrogens (tertiary/aromatic N) is 1. The van der Waals surface area contributed by atoms with Crippen LogP contribution in [-0.2, 0) is 0 Å². The number of aromatic nitrogens is 1. The zero-order valence-corrected chi connectivity index (χ0v) is 14.1. The fourth-order valence-electron chi connectivity index (χ4n) is 2.48. The Balaban J connectivity index is 2.53. The number of rotatable bonds is 5. The van der Waals surface area contributed by atoms with E-state index in [1.54, 1.807) is 12.1 Å². The number of hydrogen-bond acceptors (Lipinski definition) is 4. The Bertz CT molecular complexity index is 831. The van der Waals surface area contributed by atoms with Gasteiger partial charge in [0, 0.05) is 22.9 Å². The Hall–Kier alpha value is -2.74. The number of aromatic hydroxyl groups is 1. The van der Waals surface area contributed by atoms with Crippen LogP contribution in [0.1, 0.15) is 54.2 Å². The molecule has 5 nitrogen and oxygen atoms in total. The molecule has 0 unspecified atom stereocenters. The van der Waals surface area contributed by atoms with Crippen LogP contribution in [0.2, 0.25) is 0 Å². The summed E-state index contributed by atoms with van der Waals surface area (Å²) < 4.78 is 5.31. The van der Waals surface area contributed by atoms with Crippen molar-refractivity contribution in [2.45, 2.75) is 39.5 Å². The van der Waals surface area contributed by atoms with Gasteiger partial charge in [-0.25, -0.2) is 9.78 Å². The van der Waals surface area contributed by atoms with E-state index in [9.17, 15) is 15.0 Å². The maximum atomic E-state index is 11.3. The molecule has 1 aromatic carbocycles. The normalized spacial score (nSPS) is 10.3. The van der Waals surface area contributed by atoms with E-state index < -0.39 is 5.97 Å². The molecule has 24 heavy (non-hydrogen) atoms. The van der Waals surface area contributed by atoms with Gasteiger partial charge in [0.05, 0.1) is 7.11 Å². The lowest BCUT2D eigenvalue weighted by molar-refractivity contribution is 0.0689. The summed E-state index contributed by atoms with van der Waals surface area (Å²) in [6, 6.07) is 3.42. The van der Waals surface area contributed by atoms with Crippen molar-refractivity contribution in [1.82, 2.24) is 4.98 Å². The van der Waals surface area contributed by atoms with Gasteiger partial charge >= 0.3 is 5.97 Å². The summed E-state index contributed by atoms with van der Waals surface area (Å²) in [5.41, 5.74) is 1.06. The number of ether oxygens (including phenoxy) is 1. The number of methoxy groups -OCH3 is 1. The van der Waals surface area contributed by atoms with Crippen LogP contribution < -0.4 is 4.74 Å². The molecule has 2 rings (SSSR count). The molecule has 0 spiro atoms. The van der Waals surface area contributed by atoms with Crippen molar-refractivity contribution >= 4 is 16.9 Å². The van der Waals surface area contributed by atoms with Gasteiger partial charge in [-0.2, -0.15) is 0 Å². The quantitative estimate of drug-likeness (QED) is 0.643. The molecular formula is C19H21NO4. The van der Waals surface area contributed by atoms with Crippen LogP contribution in [0.3, 0.4) is 0 Å². The fourth-order valence-corrected chi connectivity index (χ4v) is 2.48. The summed E-state index contributed by atoms with van der Waals surface area (Å²) in [5.74, 6) is 5.28. The van der Waals surface area contributed by atoms with E-state index >= 15 is 0 Å². The van der Waals surface area contributed by atoms with Gasteiger partial charge in [0.2, 0.25) is 0 Å². The molecule has 0 amide bonds. The van der Waals surface area contributed by atoms with Gasteiger partial charge in [-0.1, -0.05) is 31.6 Å². The first-order chi connectivity index (χ1) is 11.5. The Labute approximate surface area is 141 Å². The molecule has 126 valence electrons. The summed E-state index contributed by atoms with van der Waals surface area (Å²) in [6.07, 6.45) is 4.17. The summed E-state index contributed by atoms with van der Waals surface area (Å²) in [4.78, 5) is 15.4. The van der Waals surface area contributed by atoms with E-state index in [4.69, 9.17) is 4.74 Å². The van der Waals surface area contributed by atoms with Crippen LogP contribution >= 0.6 is 0 Å². The molecule has 0 aliphatic carbocycles. The first-order valence-electron chi connectivity index (χ1n) is 7.93. The maximum absolute atomic E-state index is 11.3. The minimum Gasteiger partial charge on any atom is -0.507 e. The van der Waals surface area contributed by atoms with Crippen molar-refractivity contribution in [3.63, 3.8) is 0 Å². The number of fused-ring (bicyclic) bond motifs is 1. The molecule has 2 N–H and O–H groups in total. The van der Waals surface area contributed by atoms with Crippen LogP contribution in [0.5, 0.6) is 11.5 Å². The third-order valence-corrected chi connectivity index (χ3v) is 3.82. The van der Waals surface area contributed by atoms with Gasteiger partial charge in [-0.15, -0.1) is 0 Å². The maximum Gasteiger partial charge on any atom is 0.354 e. The van der Waals surface area contributed by atoms with Crippen molar-refractivity contribution in [2.75, 3.05) is 7.11 Å². The molecule has 0 fully saturated rings. The molecule has 0 saturated carbocycles. The van der Waals surface area contributed by atoms with Crippen molar-refractivity contribution in [2.24, 2.45) is 0 Å². The Morgan fingerprint density at radius 3 is 2.71 bits per heavy atom. The highest BCUT2D eigenvalue weighted by molar-refractivity contribution is 5.98. The van der Waals surface area contributed by atoms with E-state index in [1.807, 2.05) is 0 Å². The second-order valence-corrected chi connectivity index (χ2v) is 5.57. The van der Waals surface area contributed by atoms with Gasteiger partial charge in [0.15, 0.2) is 5.69 Å². The van der Waals surface area contributed by atoms with Crippen molar-refractivity contribution < 1.29 is 19.7 Å². The van der Waals surface area contributed by atoms with E-state index in [1.165, 1.54) is 14.0 Å². The number of benzene rings is 1. The number of carboxylic acids is 1. The smallest absolute Gasteiger partial charge is 0.354 e. The van der Waals surface area contributed by atoms with Crippen molar-refractivity contribution in [3.8, 4) is 23.3 Å².